The van der Waals surface area contributed by atoms with Gasteiger partial charge in [0.1, 0.15) is 36.8 Å². The summed E-state index contributed by atoms with van der Waals surface area (Å²) in [6.07, 6.45) is -4.31. The molecule has 0 radical (unpaired) electrons. The van der Waals surface area contributed by atoms with Crippen LogP contribution in [0.5, 0.6) is 0 Å². The first-order valence-electron chi connectivity index (χ1n) is 11.3. The van der Waals surface area contributed by atoms with Crippen LogP contribution in [0.4, 0.5) is 0 Å². The molecule has 1 fully saturated rings. The predicted molar refractivity (Wildman–Crippen MR) is 123 cm³/mol. The summed E-state index contributed by atoms with van der Waals surface area (Å²) in [6.45, 7) is 1.78. The fraction of sp³-hybridized carbons (Fsp3) is 0.462. The summed E-state index contributed by atoms with van der Waals surface area (Å²) in [5, 5.41) is 10.9. The van der Waals surface area contributed by atoms with Gasteiger partial charge in [0, 0.05) is 13.5 Å². The van der Waals surface area contributed by atoms with Gasteiger partial charge in [0.15, 0.2) is 6.29 Å². The van der Waals surface area contributed by atoms with Gasteiger partial charge >= 0.3 is 5.97 Å². The predicted octanol–water partition coefficient (Wildman–Crippen LogP) is 2.80. The van der Waals surface area contributed by atoms with Gasteiger partial charge in [-0.05, 0) is 18.1 Å². The van der Waals surface area contributed by atoms with Gasteiger partial charge in [-0.25, -0.2) is 0 Å². The van der Waals surface area contributed by atoms with E-state index in [1.165, 1.54) is 14.0 Å². The molecule has 5 atom stereocenters. The lowest BCUT2D eigenvalue weighted by Crippen LogP contribution is -2.61. The average Bonchev–Trinajstić information content (AvgIpc) is 2.86. The van der Waals surface area contributed by atoms with Gasteiger partial charge in [-0.2, -0.15) is 0 Å². The maximum absolute atomic E-state index is 12.1. The van der Waals surface area contributed by atoms with Gasteiger partial charge in [0.25, 0.3) is 0 Å². The van der Waals surface area contributed by atoms with E-state index in [2.05, 4.69) is 0 Å². The number of benzene rings is 2. The zero-order chi connectivity index (χ0) is 24.3. The van der Waals surface area contributed by atoms with E-state index in [0.717, 1.165) is 11.1 Å². The summed E-state index contributed by atoms with van der Waals surface area (Å²) in [5.74, 6) is -0.602. The number of carbonyl (C=O) groups excluding carboxylic acids is 2. The minimum atomic E-state index is -1.13. The highest BCUT2D eigenvalue weighted by Crippen LogP contribution is 2.28. The summed E-state index contributed by atoms with van der Waals surface area (Å²) in [7, 11) is 1.42. The third kappa shape index (κ3) is 7.72. The maximum Gasteiger partial charge on any atom is 0.306 e. The van der Waals surface area contributed by atoms with E-state index in [4.69, 9.17) is 23.7 Å². The Morgan fingerprint density at radius 1 is 0.882 bits per heavy atom. The number of aliphatic hydroxyl groups is 1. The summed E-state index contributed by atoms with van der Waals surface area (Å²) in [4.78, 5) is 23.3. The molecular formula is C26H32O8. The summed E-state index contributed by atoms with van der Waals surface area (Å²) < 4.78 is 28.8. The number of carbonyl (C=O) groups is 2. The summed E-state index contributed by atoms with van der Waals surface area (Å²) in [5.41, 5.74) is 1.87. The number of ketones is 1. The zero-order valence-electron chi connectivity index (χ0n) is 19.5. The smallest absolute Gasteiger partial charge is 0.306 e. The van der Waals surface area contributed by atoms with Crippen molar-refractivity contribution < 1.29 is 38.4 Å². The fourth-order valence-electron chi connectivity index (χ4n) is 3.67. The molecule has 184 valence electrons. The minimum absolute atomic E-state index is 0.0120. The molecule has 0 saturated carbocycles. The van der Waals surface area contributed by atoms with Crippen LogP contribution in [0.2, 0.25) is 0 Å². The molecule has 0 spiro atoms. The lowest BCUT2D eigenvalue weighted by Gasteiger charge is -2.43. The molecule has 0 aliphatic carbocycles. The quantitative estimate of drug-likeness (QED) is 0.471. The van der Waals surface area contributed by atoms with Crippen LogP contribution < -0.4 is 0 Å². The van der Waals surface area contributed by atoms with Crippen molar-refractivity contribution in [2.75, 3.05) is 13.7 Å². The van der Waals surface area contributed by atoms with Crippen LogP contribution in [-0.2, 0) is 46.5 Å². The molecule has 1 aliphatic heterocycles. The highest BCUT2D eigenvalue weighted by molar-refractivity contribution is 5.80. The number of Topliss-reactive ketones (excluding diaryl/α,β-unsaturated/α-hetero) is 1. The number of ether oxygens (including phenoxy) is 5. The lowest BCUT2D eigenvalue weighted by atomic mass is 9.98. The monoisotopic (exact) mass is 472 g/mol. The van der Waals surface area contributed by atoms with Crippen LogP contribution in [-0.4, -0.2) is 61.3 Å². The topological polar surface area (TPSA) is 101 Å². The van der Waals surface area contributed by atoms with Crippen LogP contribution in [0.3, 0.4) is 0 Å². The molecule has 1 heterocycles. The molecule has 1 saturated heterocycles. The van der Waals surface area contributed by atoms with Crippen LogP contribution in [0, 0.1) is 0 Å². The van der Waals surface area contributed by atoms with Gasteiger partial charge in [-0.1, -0.05) is 60.7 Å². The number of esters is 1. The van der Waals surface area contributed by atoms with Gasteiger partial charge in [-0.15, -0.1) is 0 Å². The van der Waals surface area contributed by atoms with Crippen molar-refractivity contribution in [3.05, 3.63) is 71.8 Å². The van der Waals surface area contributed by atoms with Crippen molar-refractivity contribution in [1.82, 2.24) is 0 Å². The Bertz CT molecular complexity index is 888. The van der Waals surface area contributed by atoms with E-state index < -0.39 is 36.7 Å². The average molecular weight is 473 g/mol. The van der Waals surface area contributed by atoms with Gasteiger partial charge in [0.05, 0.1) is 19.6 Å². The van der Waals surface area contributed by atoms with Crippen molar-refractivity contribution in [1.29, 1.82) is 0 Å². The van der Waals surface area contributed by atoms with E-state index in [0.29, 0.717) is 0 Å². The third-order valence-electron chi connectivity index (χ3n) is 5.51. The minimum Gasteiger partial charge on any atom is -0.463 e. The second kappa shape index (κ2) is 13.3. The van der Waals surface area contributed by atoms with Gasteiger partial charge in [0.2, 0.25) is 0 Å². The highest BCUT2D eigenvalue weighted by atomic mass is 16.7. The molecule has 0 aromatic heterocycles. The molecule has 1 aliphatic rings. The van der Waals surface area contributed by atoms with E-state index in [9.17, 15) is 14.7 Å². The molecule has 0 bridgehead atoms. The third-order valence-corrected chi connectivity index (χ3v) is 5.51. The van der Waals surface area contributed by atoms with Crippen molar-refractivity contribution in [3.8, 4) is 0 Å². The van der Waals surface area contributed by atoms with Crippen LogP contribution in [0.1, 0.15) is 30.9 Å². The largest absolute Gasteiger partial charge is 0.463 e. The second-order valence-corrected chi connectivity index (χ2v) is 8.18. The lowest BCUT2D eigenvalue weighted by molar-refractivity contribution is -0.312. The first kappa shape index (κ1) is 26.0. The van der Waals surface area contributed by atoms with E-state index in [-0.39, 0.29) is 38.4 Å². The maximum atomic E-state index is 12.1. The van der Waals surface area contributed by atoms with Gasteiger partial charge in [-0.3, -0.25) is 4.79 Å². The Hall–Kier alpha value is -2.62. The van der Waals surface area contributed by atoms with Gasteiger partial charge < -0.3 is 33.6 Å². The molecule has 0 unspecified atom stereocenters. The Labute approximate surface area is 199 Å². The summed E-state index contributed by atoms with van der Waals surface area (Å²) >= 11 is 0. The van der Waals surface area contributed by atoms with E-state index in [1.54, 1.807) is 0 Å². The van der Waals surface area contributed by atoms with Crippen molar-refractivity contribution in [2.24, 2.45) is 0 Å². The molecule has 8 heteroatoms. The fourth-order valence-corrected chi connectivity index (χ4v) is 3.67. The molecule has 1 N–H and O–H groups in total. The zero-order valence-corrected chi connectivity index (χ0v) is 19.5. The Balaban J connectivity index is 1.74. The molecule has 8 nitrogen and oxygen atoms in total. The Morgan fingerprint density at radius 2 is 1.44 bits per heavy atom. The Morgan fingerprint density at radius 3 is 1.97 bits per heavy atom. The van der Waals surface area contributed by atoms with Crippen LogP contribution in [0.15, 0.2) is 60.7 Å². The molecule has 34 heavy (non-hydrogen) atoms. The number of aliphatic hydroxyl groups excluding tert-OH is 1. The summed E-state index contributed by atoms with van der Waals surface area (Å²) in [6, 6.07) is 19.1. The normalized spacial score (nSPS) is 24.5. The number of hydrogen-bond donors (Lipinski definition) is 1. The number of rotatable bonds is 12. The highest BCUT2D eigenvalue weighted by Gasteiger charge is 2.47. The van der Waals surface area contributed by atoms with Crippen molar-refractivity contribution in [2.45, 2.75) is 63.7 Å². The molecule has 2 aromatic carbocycles. The first-order valence-corrected chi connectivity index (χ1v) is 11.3. The van der Waals surface area contributed by atoms with E-state index in [1.807, 2.05) is 60.7 Å². The molecule has 0 amide bonds. The molecule has 2 aromatic rings. The first-order chi connectivity index (χ1) is 16.5. The molecular weight excluding hydrogens is 440 g/mol. The van der Waals surface area contributed by atoms with E-state index >= 15 is 0 Å². The standard InChI is InChI=1S/C26H32O8/c1-18(27)13-14-22(28)31-17-21-24(32-15-19-9-5-3-6-10-19)25(23(29)26(30-2)34-21)33-16-20-11-7-4-8-12-20/h3-12,21,23-26,29H,13-17H2,1-2H3/t21-,23-,24-,25-,26-/m1/s1. The molecule has 3 rings (SSSR count). The Kier molecular flexibility index (Phi) is 10.2. The van der Waals surface area contributed by atoms with Crippen molar-refractivity contribution >= 4 is 11.8 Å². The van der Waals surface area contributed by atoms with Crippen molar-refractivity contribution in [3.63, 3.8) is 0 Å². The number of hydrogen-bond acceptors (Lipinski definition) is 8. The second-order valence-electron chi connectivity index (χ2n) is 8.18. The van der Waals surface area contributed by atoms with Crippen LogP contribution in [0.25, 0.3) is 0 Å². The SMILES string of the molecule is CO[C@@H]1O[C@H](COC(=O)CCC(C)=O)[C@@H](OCc2ccccc2)[C@H](OCc2ccccc2)[C@H]1O. The van der Waals surface area contributed by atoms with Crippen LogP contribution >= 0.6 is 0 Å². The number of methoxy groups -OCH3 is 1.